The molecule has 7 aromatic carbocycles. The molecule has 7 rings (SSSR count). The van der Waals surface area contributed by atoms with Gasteiger partial charge in [0.2, 0.25) is 0 Å². The Kier molecular flexibility index (Phi) is 19.1. The van der Waals surface area contributed by atoms with Crippen LogP contribution < -0.4 is 21.9 Å². The smallest absolute Gasteiger partial charge is 0.282 e. The Morgan fingerprint density at radius 3 is 0.474 bits per heavy atom. The molecule has 0 unspecified atom stereocenters. The zero-order chi connectivity index (χ0) is 59.8. The van der Waals surface area contributed by atoms with Crippen LogP contribution in [0.15, 0.2) is 87.5 Å². The molecule has 0 atom stereocenters. The van der Waals surface area contributed by atoms with Crippen LogP contribution in [0.2, 0.25) is 0 Å². The van der Waals surface area contributed by atoms with Crippen molar-refractivity contribution in [2.45, 2.75) is 35.5 Å². The first-order valence-electron chi connectivity index (χ1n) is 20.1. The molecule has 78 heavy (non-hydrogen) atoms. The summed E-state index contributed by atoms with van der Waals surface area (Å²) in [5, 5.41) is 0. The average Bonchev–Trinajstić information content (AvgIpc) is 3.36. The third-order valence-corrected chi connectivity index (χ3v) is 13.3. The van der Waals surface area contributed by atoms with Gasteiger partial charge in [-0.2, -0.15) is 25.3 Å². The van der Waals surface area contributed by atoms with Crippen molar-refractivity contribution in [1.29, 1.82) is 0 Å². The van der Waals surface area contributed by atoms with Crippen molar-refractivity contribution in [3.8, 4) is 0 Å². The topological polar surface area (TPSA) is 163 Å². The van der Waals surface area contributed by atoms with E-state index in [2.05, 4.69) is 0 Å². The highest BCUT2D eigenvalue weighted by Gasteiger charge is 2.52. The van der Waals surface area contributed by atoms with Gasteiger partial charge in [0.1, 0.15) is 52.7 Å². The summed E-state index contributed by atoms with van der Waals surface area (Å²) in [7, 11) is -12.1. The lowest BCUT2D eigenvalue weighted by Crippen LogP contribution is -2.81. The minimum absolute atomic E-state index is 0.0666. The van der Waals surface area contributed by atoms with Crippen LogP contribution in [-0.2, 0) is 30.4 Å². The summed E-state index contributed by atoms with van der Waals surface area (Å²) in [6.45, 7) is 5.52. The van der Waals surface area contributed by atoms with Gasteiger partial charge in [-0.1, -0.05) is 53.1 Å². The summed E-state index contributed by atoms with van der Waals surface area (Å²) in [6.07, 6.45) is -7.22. The molecule has 0 saturated carbocycles. The summed E-state index contributed by atoms with van der Waals surface area (Å²) in [5.41, 5.74) is -11.5. The van der Waals surface area contributed by atoms with Gasteiger partial charge in [0.15, 0.2) is 69.8 Å². The Morgan fingerprint density at radius 2 is 0.359 bits per heavy atom. The first-order chi connectivity index (χ1) is 35.7. The monoisotopic (exact) mass is 1200 g/mol. The fourth-order valence-corrected chi connectivity index (χ4v) is 8.45. The van der Waals surface area contributed by atoms with Crippen LogP contribution in [-0.4, -0.2) is 45.1 Å². The molecule has 0 radical (unpaired) electrons. The van der Waals surface area contributed by atoms with Gasteiger partial charge in [0, 0.05) is 0 Å². The quantitative estimate of drug-likeness (QED) is 0.0464. The van der Waals surface area contributed by atoms with Gasteiger partial charge in [0.05, 0.1) is 14.7 Å². The Bertz CT molecular complexity index is 3280. The lowest BCUT2D eigenvalue weighted by molar-refractivity contribution is 0.378. The lowest BCUT2D eigenvalue weighted by Gasteiger charge is -2.44. The minimum Gasteiger partial charge on any atom is -0.282 e. The zero-order valence-corrected chi connectivity index (χ0v) is 40.5. The second-order valence-electron chi connectivity index (χ2n) is 15.7. The van der Waals surface area contributed by atoms with E-state index in [-0.39, 0.29) is 14.7 Å². The summed E-state index contributed by atoms with van der Waals surface area (Å²) in [5.74, 6) is -71.4. The van der Waals surface area contributed by atoms with E-state index in [1.54, 1.807) is 36.4 Å². The molecule has 33 heteroatoms. The summed E-state index contributed by atoms with van der Waals surface area (Å²) >= 11 is 0. The first-order valence-corrected chi connectivity index (χ1v) is 24.4. The Morgan fingerprint density at radius 1 is 0.244 bits per heavy atom. The second-order valence-corrected chi connectivity index (χ2v) is 19.9. The number of hydrogen-bond donors (Lipinski definition) is 3. The van der Waals surface area contributed by atoms with Gasteiger partial charge >= 0.3 is 0 Å². The summed E-state index contributed by atoms with van der Waals surface area (Å²) < 4.78 is 383. The molecule has 420 valence electrons. The lowest BCUT2D eigenvalue weighted by atomic mass is 9.12. The Labute approximate surface area is 425 Å². The fourth-order valence-electron chi connectivity index (χ4n) is 7.00. The molecule has 7 aromatic rings. The number of hydrogen-bond acceptors (Lipinski definition) is 6. The van der Waals surface area contributed by atoms with Crippen LogP contribution in [0.5, 0.6) is 0 Å². The van der Waals surface area contributed by atoms with Crippen molar-refractivity contribution in [2.24, 2.45) is 0 Å². The van der Waals surface area contributed by atoms with Crippen molar-refractivity contribution in [1.82, 2.24) is 0 Å². The van der Waals surface area contributed by atoms with Crippen LogP contribution in [0.1, 0.15) is 16.7 Å². The van der Waals surface area contributed by atoms with E-state index in [4.69, 9.17) is 13.7 Å². The maximum Gasteiger partial charge on any atom is 0.294 e. The molecule has 0 aromatic heterocycles. The van der Waals surface area contributed by atoms with Crippen molar-refractivity contribution in [3.63, 3.8) is 0 Å². The predicted octanol–water partition coefficient (Wildman–Crippen LogP) is 9.57. The first kappa shape index (κ1) is 63.5. The van der Waals surface area contributed by atoms with Gasteiger partial charge in [-0.05, 0) is 57.2 Å². The summed E-state index contributed by atoms with van der Waals surface area (Å²) in [6, 6.07) is 18.0. The molecule has 9 nitrogen and oxygen atoms in total. The zero-order valence-electron chi connectivity index (χ0n) is 38.1. The molecule has 3 N–H and O–H groups in total. The van der Waals surface area contributed by atoms with Crippen LogP contribution >= 0.6 is 0 Å². The molecule has 0 aliphatic heterocycles. The normalized spacial score (nSPS) is 11.8. The molecule has 0 fully saturated rings. The Hall–Kier alpha value is -7.07. The second kappa shape index (κ2) is 23.5. The molecule has 0 amide bonds. The third-order valence-electron chi connectivity index (χ3n) is 10.7. The molecule has 0 spiro atoms. The van der Waals surface area contributed by atoms with Gasteiger partial charge in [-0.3, -0.25) is 13.7 Å². The maximum absolute atomic E-state index is 15.4. The number of benzene rings is 7. The predicted molar refractivity (Wildman–Crippen MR) is 232 cm³/mol. The van der Waals surface area contributed by atoms with E-state index in [9.17, 15) is 77.9 Å². The van der Waals surface area contributed by atoms with E-state index in [1.807, 2.05) is 20.8 Å². The largest absolute Gasteiger partial charge is 0.294 e. The van der Waals surface area contributed by atoms with Gasteiger partial charge < -0.3 is 0 Å². The molecule has 0 aliphatic carbocycles. The van der Waals surface area contributed by atoms with Crippen LogP contribution in [0, 0.1) is 137 Å². The number of rotatable bonds is 7. The molecular formula is C45H24BF20O9S3-. The molecule has 0 saturated heterocycles. The van der Waals surface area contributed by atoms with Crippen LogP contribution in [0.4, 0.5) is 87.8 Å². The SMILES string of the molecule is Cc1ccc(S(=O)(=O)O)cc1.Cc1ccc(S(=O)(=O)O)cc1.Cc1ccc(S(=O)(=O)O)cc1.Fc1c(F)c(F)c([B-](c2c(F)c(F)c(F)c(F)c2F)(c2c(F)c(F)c(F)c(F)c2F)c2c(F)c(F)c(F)c(F)c2F)c(F)c1F. The van der Waals surface area contributed by atoms with E-state index in [0.717, 1.165) is 16.7 Å². The molecular weight excluding hydrogens is 1170 g/mol. The standard InChI is InChI=1S/C24BF20.3C7H8O3S/c26-5-1(6(27)14(35)21(42)13(5)34)25(2-7(28)15(36)22(43)16(37)8(2)29,3-9(30)17(38)23(44)18(39)10(3)31)4-11(32)19(40)24(45)20(41)12(4)33;3*1-6-2-4-7(5-3-6)11(8,9)10/h;3*2-5H,1H3,(H,8,9,10)/q-1;;;. The van der Waals surface area contributed by atoms with Crippen LogP contribution in [0.25, 0.3) is 0 Å². The highest BCUT2D eigenvalue weighted by molar-refractivity contribution is 7.86. The summed E-state index contributed by atoms with van der Waals surface area (Å²) in [4.78, 5) is -0.200. The highest BCUT2D eigenvalue weighted by Crippen LogP contribution is 2.31. The van der Waals surface area contributed by atoms with Gasteiger partial charge in [-0.25, -0.2) is 87.8 Å². The van der Waals surface area contributed by atoms with Crippen molar-refractivity contribution >= 4 is 58.4 Å². The van der Waals surface area contributed by atoms with Crippen LogP contribution in [0.3, 0.4) is 0 Å². The molecule has 0 heterocycles. The van der Waals surface area contributed by atoms with E-state index >= 15 is 35.1 Å². The fraction of sp³-hybridized carbons (Fsp3) is 0.0667. The van der Waals surface area contributed by atoms with E-state index in [0.29, 0.717) is 0 Å². The average molecular weight is 1200 g/mol. The van der Waals surface area contributed by atoms with Gasteiger partial charge in [-0.15, -0.1) is 21.9 Å². The Balaban J connectivity index is 0.000000315. The minimum atomic E-state index is -7.22. The number of aryl methyl sites for hydroxylation is 3. The van der Waals surface area contributed by atoms with E-state index < -0.39 is 175 Å². The van der Waals surface area contributed by atoms with Crippen molar-refractivity contribution in [2.75, 3.05) is 0 Å². The van der Waals surface area contributed by atoms with E-state index in [1.165, 1.54) is 36.4 Å². The maximum atomic E-state index is 15.4. The third kappa shape index (κ3) is 12.3. The molecule has 0 bridgehead atoms. The highest BCUT2D eigenvalue weighted by atomic mass is 32.2. The van der Waals surface area contributed by atoms with Crippen molar-refractivity contribution < 1.29 is 127 Å². The van der Waals surface area contributed by atoms with Crippen molar-refractivity contribution in [3.05, 3.63) is 206 Å². The molecule has 0 aliphatic rings. The van der Waals surface area contributed by atoms with Gasteiger partial charge in [0.25, 0.3) is 30.4 Å². The number of halogens is 20.